The number of aliphatic carboxylic acids is 1. The van der Waals surface area contributed by atoms with Gasteiger partial charge < -0.3 is 5.11 Å². The quantitative estimate of drug-likeness (QED) is 0.869. The minimum absolute atomic E-state index is 0.0482. The average molecular weight is 284 g/mol. The highest BCUT2D eigenvalue weighted by molar-refractivity contribution is 5.85. The van der Waals surface area contributed by atoms with Crippen molar-refractivity contribution in [3.05, 3.63) is 42.0 Å². The van der Waals surface area contributed by atoms with Crippen LogP contribution in [0.5, 0.6) is 0 Å². The largest absolute Gasteiger partial charge is 0.478 e. The van der Waals surface area contributed by atoms with Gasteiger partial charge in [-0.1, -0.05) is 0 Å². The van der Waals surface area contributed by atoms with Gasteiger partial charge in [0, 0.05) is 30.2 Å². The fourth-order valence-electron chi connectivity index (χ4n) is 1.28. The second-order valence-electron chi connectivity index (χ2n) is 3.66. The zero-order chi connectivity index (χ0) is 14.8. The standard InChI is InChI=1S/C11H7F3N4O2/c12-11(13,14)8-5-17-18(6-8)10-15-3-7(4-16-10)1-2-9(19)20/h1-6H,(H,19,20)/b2-1+. The minimum Gasteiger partial charge on any atom is -0.478 e. The third kappa shape index (κ3) is 3.19. The second kappa shape index (κ2) is 5.11. The molecule has 0 radical (unpaired) electrons. The fraction of sp³-hybridized carbons (Fsp3) is 0.0909. The molecule has 0 unspecified atom stereocenters. The molecule has 9 heteroatoms. The summed E-state index contributed by atoms with van der Waals surface area (Å²) in [6.07, 6.45) is 1.66. The highest BCUT2D eigenvalue weighted by Crippen LogP contribution is 2.28. The normalized spacial score (nSPS) is 11.9. The number of aromatic nitrogens is 4. The van der Waals surface area contributed by atoms with E-state index in [-0.39, 0.29) is 5.95 Å². The summed E-state index contributed by atoms with van der Waals surface area (Å²) in [5.74, 6) is -1.18. The first-order valence-electron chi connectivity index (χ1n) is 5.21. The molecule has 104 valence electrons. The summed E-state index contributed by atoms with van der Waals surface area (Å²) in [7, 11) is 0. The van der Waals surface area contributed by atoms with E-state index in [1.165, 1.54) is 18.5 Å². The minimum atomic E-state index is -4.48. The highest BCUT2D eigenvalue weighted by atomic mass is 19.4. The molecular formula is C11H7F3N4O2. The van der Waals surface area contributed by atoms with Gasteiger partial charge >= 0.3 is 12.1 Å². The number of carboxylic acid groups (broad SMARTS) is 1. The SMILES string of the molecule is O=C(O)/C=C/c1cnc(-n2cc(C(F)(F)F)cn2)nc1. The monoisotopic (exact) mass is 284 g/mol. The van der Waals surface area contributed by atoms with Crippen molar-refractivity contribution in [2.75, 3.05) is 0 Å². The van der Waals surface area contributed by atoms with Crippen molar-refractivity contribution in [2.45, 2.75) is 6.18 Å². The molecule has 2 rings (SSSR count). The van der Waals surface area contributed by atoms with Gasteiger partial charge in [-0.15, -0.1) is 0 Å². The number of hydrogen-bond donors (Lipinski definition) is 1. The summed E-state index contributed by atoms with van der Waals surface area (Å²) in [5, 5.41) is 12.0. The highest BCUT2D eigenvalue weighted by Gasteiger charge is 2.32. The predicted octanol–water partition coefficient (Wildman–Crippen LogP) is 1.78. The lowest BCUT2D eigenvalue weighted by Crippen LogP contribution is -2.04. The summed E-state index contributed by atoms with van der Waals surface area (Å²) in [6.45, 7) is 0. The van der Waals surface area contributed by atoms with Crippen molar-refractivity contribution in [3.8, 4) is 5.95 Å². The third-order valence-electron chi connectivity index (χ3n) is 2.19. The second-order valence-corrected chi connectivity index (χ2v) is 3.66. The lowest BCUT2D eigenvalue weighted by molar-refractivity contribution is -0.137. The average Bonchev–Trinajstić information content (AvgIpc) is 2.86. The summed E-state index contributed by atoms with van der Waals surface area (Å²) >= 11 is 0. The molecular weight excluding hydrogens is 277 g/mol. The van der Waals surface area contributed by atoms with E-state index in [4.69, 9.17) is 5.11 Å². The zero-order valence-electron chi connectivity index (χ0n) is 9.74. The van der Waals surface area contributed by atoms with Crippen LogP contribution in [0.3, 0.4) is 0 Å². The Hall–Kier alpha value is -2.71. The van der Waals surface area contributed by atoms with Crippen molar-refractivity contribution >= 4 is 12.0 Å². The molecule has 0 amide bonds. The summed E-state index contributed by atoms with van der Waals surface area (Å²) < 4.78 is 38.1. The van der Waals surface area contributed by atoms with Crippen molar-refractivity contribution in [1.82, 2.24) is 19.7 Å². The Morgan fingerprint density at radius 1 is 1.25 bits per heavy atom. The molecule has 0 aromatic carbocycles. The molecule has 20 heavy (non-hydrogen) atoms. The van der Waals surface area contributed by atoms with Crippen molar-refractivity contribution in [1.29, 1.82) is 0 Å². The van der Waals surface area contributed by atoms with E-state index in [0.717, 1.165) is 17.0 Å². The summed E-state index contributed by atoms with van der Waals surface area (Å²) in [4.78, 5) is 17.9. The molecule has 0 aliphatic heterocycles. The lowest BCUT2D eigenvalue weighted by Gasteiger charge is -2.01. The Labute approximate surface area is 110 Å². The van der Waals surface area contributed by atoms with Gasteiger partial charge in [0.15, 0.2) is 0 Å². The molecule has 0 spiro atoms. The van der Waals surface area contributed by atoms with Crippen LogP contribution in [0.2, 0.25) is 0 Å². The van der Waals surface area contributed by atoms with Gasteiger partial charge in [-0.05, 0) is 6.08 Å². The van der Waals surface area contributed by atoms with E-state index in [9.17, 15) is 18.0 Å². The first-order valence-corrected chi connectivity index (χ1v) is 5.21. The van der Waals surface area contributed by atoms with Gasteiger partial charge in [-0.25, -0.2) is 19.4 Å². The fourth-order valence-corrected chi connectivity index (χ4v) is 1.28. The van der Waals surface area contributed by atoms with Crippen LogP contribution in [0, 0.1) is 0 Å². The summed E-state index contributed by atoms with van der Waals surface area (Å²) in [6, 6.07) is 0. The number of carbonyl (C=O) groups is 1. The molecule has 0 bridgehead atoms. The van der Waals surface area contributed by atoms with Gasteiger partial charge in [0.05, 0.1) is 11.8 Å². The maximum Gasteiger partial charge on any atom is 0.419 e. The molecule has 6 nitrogen and oxygen atoms in total. The lowest BCUT2D eigenvalue weighted by atomic mass is 10.3. The molecule has 2 heterocycles. The number of halogens is 3. The van der Waals surface area contributed by atoms with E-state index < -0.39 is 17.7 Å². The molecule has 2 aromatic rings. The van der Waals surface area contributed by atoms with Crippen molar-refractivity contribution in [2.24, 2.45) is 0 Å². The van der Waals surface area contributed by atoms with Crippen LogP contribution < -0.4 is 0 Å². The van der Waals surface area contributed by atoms with Gasteiger partial charge in [0.1, 0.15) is 0 Å². The Kier molecular flexibility index (Phi) is 3.51. The van der Waals surface area contributed by atoms with Crippen LogP contribution in [0.1, 0.15) is 11.1 Å². The Morgan fingerprint density at radius 3 is 2.40 bits per heavy atom. The molecule has 0 fully saturated rings. The molecule has 2 aromatic heterocycles. The van der Waals surface area contributed by atoms with Gasteiger partial charge in [0.25, 0.3) is 0 Å². The maximum absolute atomic E-state index is 12.4. The first-order chi connectivity index (χ1) is 9.36. The number of rotatable bonds is 3. The van der Waals surface area contributed by atoms with E-state index in [1.807, 2.05) is 0 Å². The molecule has 0 aliphatic rings. The maximum atomic E-state index is 12.4. The molecule has 1 N–H and O–H groups in total. The smallest absolute Gasteiger partial charge is 0.419 e. The van der Waals surface area contributed by atoms with Crippen molar-refractivity contribution < 1.29 is 23.1 Å². The number of hydrogen-bond acceptors (Lipinski definition) is 4. The molecule has 0 saturated heterocycles. The number of carboxylic acids is 1. The Bertz CT molecular complexity index is 646. The van der Waals surface area contributed by atoms with Crippen LogP contribution in [0.15, 0.2) is 30.9 Å². The van der Waals surface area contributed by atoms with Crippen LogP contribution in [-0.2, 0) is 11.0 Å². The summed E-state index contributed by atoms with van der Waals surface area (Å²) in [5.41, 5.74) is -0.504. The van der Waals surface area contributed by atoms with Crippen molar-refractivity contribution in [3.63, 3.8) is 0 Å². The van der Waals surface area contributed by atoms with Crippen LogP contribution >= 0.6 is 0 Å². The Balaban J connectivity index is 2.22. The van der Waals surface area contributed by atoms with E-state index >= 15 is 0 Å². The Morgan fingerprint density at radius 2 is 1.90 bits per heavy atom. The molecule has 0 aliphatic carbocycles. The topological polar surface area (TPSA) is 80.9 Å². The van der Waals surface area contributed by atoms with Gasteiger partial charge in [0.2, 0.25) is 5.95 Å². The zero-order valence-corrected chi connectivity index (χ0v) is 9.74. The molecule has 0 atom stereocenters. The third-order valence-corrected chi connectivity index (χ3v) is 2.19. The van der Waals surface area contributed by atoms with E-state index in [2.05, 4.69) is 15.1 Å². The molecule has 0 saturated carbocycles. The van der Waals surface area contributed by atoms with Crippen LogP contribution in [0.4, 0.5) is 13.2 Å². The van der Waals surface area contributed by atoms with E-state index in [1.54, 1.807) is 0 Å². The number of nitrogens with zero attached hydrogens (tertiary/aromatic N) is 4. The first kappa shape index (κ1) is 13.7. The van der Waals surface area contributed by atoms with Gasteiger partial charge in [-0.2, -0.15) is 18.3 Å². The predicted molar refractivity (Wildman–Crippen MR) is 60.8 cm³/mol. The van der Waals surface area contributed by atoms with Crippen LogP contribution in [-0.4, -0.2) is 30.8 Å². The van der Waals surface area contributed by atoms with Crippen LogP contribution in [0.25, 0.3) is 12.0 Å². The van der Waals surface area contributed by atoms with E-state index in [0.29, 0.717) is 11.8 Å². The number of alkyl halides is 3. The van der Waals surface area contributed by atoms with Gasteiger partial charge in [-0.3, -0.25) is 0 Å².